The SMILES string of the molecule is CCC1CN(Cc2cc(OC)ccc2B(O)O)CCO1. The summed E-state index contributed by atoms with van der Waals surface area (Å²) in [6.45, 7) is 5.23. The lowest BCUT2D eigenvalue weighted by Gasteiger charge is -2.33. The molecular weight excluding hydrogens is 257 g/mol. The number of methoxy groups -OCH3 is 1. The second-order valence-corrected chi connectivity index (χ2v) is 5.07. The quantitative estimate of drug-likeness (QED) is 0.742. The molecule has 1 aliphatic rings. The van der Waals surface area contributed by atoms with Gasteiger partial charge in [-0.15, -0.1) is 0 Å². The molecule has 0 aliphatic carbocycles. The van der Waals surface area contributed by atoms with Gasteiger partial charge in [0.05, 0.1) is 19.8 Å². The fourth-order valence-corrected chi connectivity index (χ4v) is 2.51. The summed E-state index contributed by atoms with van der Waals surface area (Å²) in [5.74, 6) is 0.727. The first-order valence-corrected chi connectivity index (χ1v) is 7.01. The van der Waals surface area contributed by atoms with Gasteiger partial charge >= 0.3 is 7.12 Å². The molecule has 1 aromatic carbocycles. The largest absolute Gasteiger partial charge is 0.497 e. The van der Waals surface area contributed by atoms with E-state index in [1.54, 1.807) is 19.2 Å². The van der Waals surface area contributed by atoms with Gasteiger partial charge in [-0.2, -0.15) is 0 Å². The van der Waals surface area contributed by atoms with E-state index in [0.717, 1.165) is 37.4 Å². The van der Waals surface area contributed by atoms with Crippen LogP contribution in [0.5, 0.6) is 5.75 Å². The van der Waals surface area contributed by atoms with Crippen molar-refractivity contribution in [3.05, 3.63) is 23.8 Å². The first-order chi connectivity index (χ1) is 9.63. The molecule has 0 aromatic heterocycles. The Hall–Kier alpha value is -1.08. The molecule has 0 amide bonds. The van der Waals surface area contributed by atoms with Crippen LogP contribution in [0.15, 0.2) is 18.2 Å². The van der Waals surface area contributed by atoms with Crippen LogP contribution in [0.4, 0.5) is 0 Å². The van der Waals surface area contributed by atoms with Crippen molar-refractivity contribution in [1.82, 2.24) is 4.90 Å². The Morgan fingerprint density at radius 2 is 2.25 bits per heavy atom. The second-order valence-electron chi connectivity index (χ2n) is 5.07. The van der Waals surface area contributed by atoms with E-state index in [2.05, 4.69) is 11.8 Å². The molecule has 1 atom stereocenters. The molecule has 1 heterocycles. The van der Waals surface area contributed by atoms with Crippen LogP contribution in [0, 0.1) is 0 Å². The molecule has 2 rings (SSSR count). The van der Waals surface area contributed by atoms with Crippen LogP contribution in [0.2, 0.25) is 0 Å². The van der Waals surface area contributed by atoms with Gasteiger partial charge in [0.2, 0.25) is 0 Å². The Labute approximate surface area is 120 Å². The van der Waals surface area contributed by atoms with Crippen LogP contribution in [-0.4, -0.2) is 55.0 Å². The van der Waals surface area contributed by atoms with Crippen LogP contribution in [-0.2, 0) is 11.3 Å². The van der Waals surface area contributed by atoms with E-state index in [1.165, 1.54) is 0 Å². The van der Waals surface area contributed by atoms with Crippen LogP contribution >= 0.6 is 0 Å². The van der Waals surface area contributed by atoms with Gasteiger partial charge in [0.1, 0.15) is 5.75 Å². The molecule has 0 saturated carbocycles. The maximum Gasteiger partial charge on any atom is 0.488 e. The van der Waals surface area contributed by atoms with E-state index in [0.29, 0.717) is 12.0 Å². The summed E-state index contributed by atoms with van der Waals surface area (Å²) in [7, 11) is 0.148. The summed E-state index contributed by atoms with van der Waals surface area (Å²) in [5.41, 5.74) is 1.42. The van der Waals surface area contributed by atoms with Gasteiger partial charge in [-0.3, -0.25) is 4.90 Å². The van der Waals surface area contributed by atoms with Crippen LogP contribution in [0.3, 0.4) is 0 Å². The minimum absolute atomic E-state index is 0.261. The molecule has 1 fully saturated rings. The van der Waals surface area contributed by atoms with E-state index >= 15 is 0 Å². The fraction of sp³-hybridized carbons (Fsp3) is 0.571. The monoisotopic (exact) mass is 279 g/mol. The lowest BCUT2D eigenvalue weighted by molar-refractivity contribution is -0.0324. The zero-order valence-electron chi connectivity index (χ0n) is 12.1. The average molecular weight is 279 g/mol. The van der Waals surface area contributed by atoms with Crippen molar-refractivity contribution in [2.75, 3.05) is 26.8 Å². The summed E-state index contributed by atoms with van der Waals surface area (Å²) >= 11 is 0. The van der Waals surface area contributed by atoms with Crippen molar-refractivity contribution < 1.29 is 19.5 Å². The van der Waals surface area contributed by atoms with Crippen LogP contribution in [0.25, 0.3) is 0 Å². The molecular formula is C14H22BNO4. The van der Waals surface area contributed by atoms with Crippen LogP contribution < -0.4 is 10.2 Å². The standard InChI is InChI=1S/C14H22BNO4/c1-3-12-10-16(6-7-20-12)9-11-8-13(19-2)4-5-14(11)15(17)18/h4-5,8,12,17-18H,3,6-7,9-10H2,1-2H3. The van der Waals surface area contributed by atoms with Gasteiger partial charge < -0.3 is 19.5 Å². The van der Waals surface area contributed by atoms with E-state index in [4.69, 9.17) is 9.47 Å². The van der Waals surface area contributed by atoms with E-state index < -0.39 is 7.12 Å². The molecule has 2 N–H and O–H groups in total. The molecule has 5 nitrogen and oxygen atoms in total. The minimum Gasteiger partial charge on any atom is -0.497 e. The summed E-state index contributed by atoms with van der Waals surface area (Å²) in [5, 5.41) is 18.9. The van der Waals surface area contributed by atoms with Crippen molar-refractivity contribution in [1.29, 1.82) is 0 Å². The molecule has 1 aromatic rings. The number of benzene rings is 1. The van der Waals surface area contributed by atoms with E-state index in [9.17, 15) is 10.0 Å². The van der Waals surface area contributed by atoms with Gasteiger partial charge in [-0.05, 0) is 29.6 Å². The summed E-state index contributed by atoms with van der Waals surface area (Å²) in [6.07, 6.45) is 1.25. The highest BCUT2D eigenvalue weighted by Crippen LogP contribution is 2.16. The number of hydrogen-bond donors (Lipinski definition) is 2. The predicted octanol–water partition coefficient (Wildman–Crippen LogP) is -0.0142. The molecule has 110 valence electrons. The number of rotatable bonds is 5. The lowest BCUT2D eigenvalue weighted by Crippen LogP contribution is -2.43. The van der Waals surface area contributed by atoms with Gasteiger partial charge in [-0.25, -0.2) is 0 Å². The van der Waals surface area contributed by atoms with Crippen molar-refractivity contribution >= 4 is 12.6 Å². The zero-order valence-corrected chi connectivity index (χ0v) is 12.1. The molecule has 0 radical (unpaired) electrons. The lowest BCUT2D eigenvalue weighted by atomic mass is 9.77. The van der Waals surface area contributed by atoms with Crippen LogP contribution in [0.1, 0.15) is 18.9 Å². The Morgan fingerprint density at radius 3 is 2.90 bits per heavy atom. The normalized spacial score (nSPS) is 19.9. The molecule has 6 heteroatoms. The topological polar surface area (TPSA) is 62.2 Å². The minimum atomic E-state index is -1.46. The fourth-order valence-electron chi connectivity index (χ4n) is 2.51. The molecule has 1 unspecified atom stereocenters. The highest BCUT2D eigenvalue weighted by Gasteiger charge is 2.22. The van der Waals surface area contributed by atoms with Gasteiger partial charge in [0, 0.05) is 19.6 Å². The smallest absolute Gasteiger partial charge is 0.488 e. The highest BCUT2D eigenvalue weighted by atomic mass is 16.5. The zero-order chi connectivity index (χ0) is 14.5. The number of ether oxygens (including phenoxy) is 2. The third-order valence-electron chi connectivity index (χ3n) is 3.70. The molecule has 1 saturated heterocycles. The molecule has 20 heavy (non-hydrogen) atoms. The third-order valence-corrected chi connectivity index (χ3v) is 3.70. The summed E-state index contributed by atoms with van der Waals surface area (Å²) in [4.78, 5) is 2.28. The first-order valence-electron chi connectivity index (χ1n) is 7.01. The van der Waals surface area contributed by atoms with Crippen molar-refractivity contribution in [2.45, 2.75) is 26.0 Å². The Kier molecular flexibility index (Phi) is 5.42. The van der Waals surface area contributed by atoms with E-state index in [-0.39, 0.29) is 6.10 Å². The van der Waals surface area contributed by atoms with Crippen molar-refractivity contribution in [3.63, 3.8) is 0 Å². The third kappa shape index (κ3) is 3.73. The summed E-state index contributed by atoms with van der Waals surface area (Å²) in [6, 6.07) is 5.31. The van der Waals surface area contributed by atoms with Gasteiger partial charge in [0.15, 0.2) is 0 Å². The van der Waals surface area contributed by atoms with Crippen molar-refractivity contribution in [2.24, 2.45) is 0 Å². The number of nitrogens with zero attached hydrogens (tertiary/aromatic N) is 1. The second kappa shape index (κ2) is 7.08. The Morgan fingerprint density at radius 1 is 1.45 bits per heavy atom. The Balaban J connectivity index is 2.14. The Bertz CT molecular complexity index is 441. The molecule has 0 spiro atoms. The van der Waals surface area contributed by atoms with Crippen molar-refractivity contribution in [3.8, 4) is 5.75 Å². The molecule has 1 aliphatic heterocycles. The highest BCUT2D eigenvalue weighted by molar-refractivity contribution is 6.59. The molecule has 0 bridgehead atoms. The van der Waals surface area contributed by atoms with E-state index in [1.807, 2.05) is 6.07 Å². The maximum atomic E-state index is 9.47. The average Bonchev–Trinajstić information content (AvgIpc) is 2.47. The van der Waals surface area contributed by atoms with Gasteiger partial charge in [0.25, 0.3) is 0 Å². The first kappa shape index (κ1) is 15.3. The number of morpholine rings is 1. The predicted molar refractivity (Wildman–Crippen MR) is 78.1 cm³/mol. The summed E-state index contributed by atoms with van der Waals surface area (Å²) < 4.78 is 10.9. The van der Waals surface area contributed by atoms with Gasteiger partial charge in [-0.1, -0.05) is 13.0 Å². The number of hydrogen-bond acceptors (Lipinski definition) is 5. The maximum absolute atomic E-state index is 9.47.